The predicted molar refractivity (Wildman–Crippen MR) is 82.7 cm³/mol. The second kappa shape index (κ2) is 7.16. The summed E-state index contributed by atoms with van der Waals surface area (Å²) in [6.45, 7) is 0.429. The molecular weight excluding hydrogens is 377 g/mol. The summed E-state index contributed by atoms with van der Waals surface area (Å²) in [4.78, 5) is 24.6. The highest BCUT2D eigenvalue weighted by atomic mass is 79.9. The summed E-state index contributed by atoms with van der Waals surface area (Å²) in [5.74, 6) is -2.25. The standard InChI is InChI=1S/C15H14BrF3N2O2/c16-10-3-1-4-11(9-10)20-14(23)12-5-2-7-21(12)8-6-13(22)15(17,18)19/h1,3-4,6,8-9,12H,2,5,7H2,(H,20,23). The number of carbonyl (C=O) groups excluding carboxylic acids is 2. The molecule has 124 valence electrons. The molecule has 0 saturated carbocycles. The van der Waals surface area contributed by atoms with Crippen LogP contribution in [0.25, 0.3) is 0 Å². The maximum atomic E-state index is 12.3. The average Bonchev–Trinajstić information content (AvgIpc) is 2.92. The monoisotopic (exact) mass is 390 g/mol. The highest BCUT2D eigenvalue weighted by Crippen LogP contribution is 2.22. The number of allylic oxidation sites excluding steroid dienone is 1. The van der Waals surface area contributed by atoms with Gasteiger partial charge in [0.05, 0.1) is 0 Å². The number of rotatable bonds is 4. The summed E-state index contributed by atoms with van der Waals surface area (Å²) in [7, 11) is 0. The Morgan fingerprint density at radius 2 is 2.09 bits per heavy atom. The molecule has 1 N–H and O–H groups in total. The minimum absolute atomic E-state index is 0.315. The van der Waals surface area contributed by atoms with Crippen LogP contribution in [0.15, 0.2) is 41.0 Å². The molecule has 1 unspecified atom stereocenters. The van der Waals surface area contributed by atoms with Crippen LogP contribution in [-0.4, -0.2) is 35.4 Å². The number of nitrogens with zero attached hydrogens (tertiary/aromatic N) is 1. The molecule has 0 spiro atoms. The number of ketones is 1. The lowest BCUT2D eigenvalue weighted by atomic mass is 10.2. The maximum Gasteiger partial charge on any atom is 0.454 e. The number of likely N-dealkylation sites (tertiary alicyclic amines) is 1. The number of anilines is 1. The third-order valence-corrected chi connectivity index (χ3v) is 3.88. The molecule has 1 fully saturated rings. The zero-order valence-corrected chi connectivity index (χ0v) is 13.5. The predicted octanol–water partition coefficient (Wildman–Crippen LogP) is 3.50. The lowest BCUT2D eigenvalue weighted by Gasteiger charge is -2.22. The Morgan fingerprint density at radius 3 is 2.74 bits per heavy atom. The van der Waals surface area contributed by atoms with Crippen molar-refractivity contribution in [1.82, 2.24) is 4.90 Å². The van der Waals surface area contributed by atoms with Gasteiger partial charge in [-0.3, -0.25) is 9.59 Å². The van der Waals surface area contributed by atoms with Crippen LogP contribution >= 0.6 is 15.9 Å². The summed E-state index contributed by atoms with van der Waals surface area (Å²) in [5, 5.41) is 2.72. The van der Waals surface area contributed by atoms with Crippen LogP contribution in [-0.2, 0) is 9.59 Å². The second-order valence-electron chi connectivity index (χ2n) is 5.07. The number of nitrogens with one attached hydrogen (secondary N) is 1. The Hall–Kier alpha value is -1.83. The zero-order chi connectivity index (χ0) is 17.0. The summed E-state index contributed by atoms with van der Waals surface area (Å²) in [6, 6.07) is 6.41. The molecule has 1 aliphatic rings. The van der Waals surface area contributed by atoms with Gasteiger partial charge in [0.25, 0.3) is 5.78 Å². The molecule has 1 saturated heterocycles. The third-order valence-electron chi connectivity index (χ3n) is 3.39. The van der Waals surface area contributed by atoms with Crippen LogP contribution in [0.4, 0.5) is 18.9 Å². The maximum absolute atomic E-state index is 12.3. The van der Waals surface area contributed by atoms with Crippen molar-refractivity contribution >= 4 is 33.3 Å². The smallest absolute Gasteiger partial charge is 0.365 e. The van der Waals surface area contributed by atoms with Gasteiger partial charge in [0.1, 0.15) is 6.04 Å². The fourth-order valence-electron chi connectivity index (χ4n) is 2.30. The van der Waals surface area contributed by atoms with E-state index in [0.717, 1.165) is 10.7 Å². The van der Waals surface area contributed by atoms with Crippen molar-refractivity contribution in [2.75, 3.05) is 11.9 Å². The van der Waals surface area contributed by atoms with E-state index in [2.05, 4.69) is 21.2 Å². The van der Waals surface area contributed by atoms with Crippen molar-refractivity contribution in [2.45, 2.75) is 25.1 Å². The Kier molecular flexibility index (Phi) is 5.46. The second-order valence-corrected chi connectivity index (χ2v) is 5.99. The lowest BCUT2D eigenvalue weighted by molar-refractivity contribution is -0.165. The van der Waals surface area contributed by atoms with Crippen LogP contribution in [0, 0.1) is 0 Å². The summed E-state index contributed by atoms with van der Waals surface area (Å²) >= 11 is 3.29. The Bertz CT molecular complexity index is 631. The van der Waals surface area contributed by atoms with Crippen LogP contribution in [0.2, 0.25) is 0 Å². The Morgan fingerprint density at radius 1 is 1.35 bits per heavy atom. The molecule has 0 bridgehead atoms. The molecule has 23 heavy (non-hydrogen) atoms. The molecule has 0 aromatic heterocycles. The topological polar surface area (TPSA) is 49.4 Å². The third kappa shape index (κ3) is 4.82. The van der Waals surface area contributed by atoms with Gasteiger partial charge in [-0.15, -0.1) is 0 Å². The summed E-state index contributed by atoms with van der Waals surface area (Å²) in [5.41, 5.74) is 0.589. The van der Waals surface area contributed by atoms with E-state index in [9.17, 15) is 22.8 Å². The van der Waals surface area contributed by atoms with Crippen LogP contribution in [0.1, 0.15) is 12.8 Å². The van der Waals surface area contributed by atoms with Crippen molar-refractivity contribution in [3.8, 4) is 0 Å². The van der Waals surface area contributed by atoms with Gasteiger partial charge in [-0.1, -0.05) is 22.0 Å². The number of alkyl halides is 3. The molecule has 1 aromatic rings. The molecule has 1 aromatic carbocycles. The molecule has 4 nitrogen and oxygen atoms in total. The fraction of sp³-hybridized carbons (Fsp3) is 0.333. The lowest BCUT2D eigenvalue weighted by Crippen LogP contribution is -2.36. The first kappa shape index (κ1) is 17.5. The molecule has 1 atom stereocenters. The molecule has 2 rings (SSSR count). The normalized spacial score (nSPS) is 18.4. The molecular formula is C15H14BrF3N2O2. The van der Waals surface area contributed by atoms with Crippen LogP contribution < -0.4 is 5.32 Å². The largest absolute Gasteiger partial charge is 0.454 e. The van der Waals surface area contributed by atoms with Crippen molar-refractivity contribution in [3.05, 3.63) is 41.0 Å². The van der Waals surface area contributed by atoms with Gasteiger partial charge < -0.3 is 10.2 Å². The Balaban J connectivity index is 2.02. The Labute approximate surface area is 139 Å². The number of hydrogen-bond donors (Lipinski definition) is 1. The van der Waals surface area contributed by atoms with Crippen LogP contribution in [0.3, 0.4) is 0 Å². The fourth-order valence-corrected chi connectivity index (χ4v) is 2.70. The summed E-state index contributed by atoms with van der Waals surface area (Å²) in [6.07, 6.45) is -2.20. The number of halogens is 4. The molecule has 0 radical (unpaired) electrons. The van der Waals surface area contributed by atoms with Gasteiger partial charge in [-0.25, -0.2) is 0 Å². The first-order valence-corrected chi connectivity index (χ1v) is 7.68. The molecule has 1 aliphatic heterocycles. The molecule has 0 aliphatic carbocycles. The molecule has 1 amide bonds. The number of benzene rings is 1. The van der Waals surface area contributed by atoms with E-state index in [1.165, 1.54) is 4.90 Å². The van der Waals surface area contributed by atoms with Gasteiger partial charge in [0.2, 0.25) is 5.91 Å². The van der Waals surface area contributed by atoms with Gasteiger partial charge in [0.15, 0.2) is 0 Å². The van der Waals surface area contributed by atoms with E-state index in [1.54, 1.807) is 18.2 Å². The van der Waals surface area contributed by atoms with Gasteiger partial charge in [0, 0.05) is 29.0 Å². The SMILES string of the molecule is O=C(Nc1cccc(Br)c1)C1CCCN1C=CC(=O)C(F)(F)F. The minimum Gasteiger partial charge on any atom is -0.365 e. The number of carbonyl (C=O) groups is 2. The van der Waals surface area contributed by atoms with Gasteiger partial charge in [-0.05, 0) is 31.0 Å². The van der Waals surface area contributed by atoms with Gasteiger partial charge in [-0.2, -0.15) is 13.2 Å². The van der Waals surface area contributed by atoms with Crippen molar-refractivity contribution in [1.29, 1.82) is 0 Å². The van der Waals surface area contributed by atoms with Crippen molar-refractivity contribution in [3.63, 3.8) is 0 Å². The van der Waals surface area contributed by atoms with E-state index in [-0.39, 0.29) is 5.91 Å². The quantitative estimate of drug-likeness (QED) is 0.800. The van der Waals surface area contributed by atoms with E-state index in [0.29, 0.717) is 31.1 Å². The molecule has 8 heteroatoms. The molecule has 1 heterocycles. The van der Waals surface area contributed by atoms with E-state index in [4.69, 9.17) is 0 Å². The zero-order valence-electron chi connectivity index (χ0n) is 11.9. The first-order chi connectivity index (χ1) is 10.8. The van der Waals surface area contributed by atoms with Crippen molar-refractivity contribution in [2.24, 2.45) is 0 Å². The summed E-state index contributed by atoms with van der Waals surface area (Å²) < 4.78 is 37.4. The van der Waals surface area contributed by atoms with E-state index < -0.39 is 18.0 Å². The average molecular weight is 391 g/mol. The highest BCUT2D eigenvalue weighted by Gasteiger charge is 2.37. The first-order valence-electron chi connectivity index (χ1n) is 6.89. The number of hydrogen-bond acceptors (Lipinski definition) is 3. The van der Waals surface area contributed by atoms with E-state index in [1.807, 2.05) is 6.07 Å². The minimum atomic E-state index is -4.90. The van der Waals surface area contributed by atoms with Crippen molar-refractivity contribution < 1.29 is 22.8 Å². The van der Waals surface area contributed by atoms with Gasteiger partial charge >= 0.3 is 6.18 Å². The van der Waals surface area contributed by atoms with Crippen LogP contribution in [0.5, 0.6) is 0 Å². The number of amides is 1. The highest BCUT2D eigenvalue weighted by molar-refractivity contribution is 9.10. The van der Waals surface area contributed by atoms with E-state index >= 15 is 0 Å².